The summed E-state index contributed by atoms with van der Waals surface area (Å²) in [6, 6.07) is 6.41. The molecule has 0 fully saturated rings. The Bertz CT molecular complexity index is 374. The third kappa shape index (κ3) is 5.91. The van der Waals surface area contributed by atoms with Crippen molar-refractivity contribution in [2.45, 2.75) is 12.5 Å². The lowest BCUT2D eigenvalue weighted by Crippen LogP contribution is -2.33. The highest BCUT2D eigenvalue weighted by atomic mass is 79.9. The third-order valence-corrected chi connectivity index (χ3v) is 3.48. The Labute approximate surface area is 123 Å². The van der Waals surface area contributed by atoms with Crippen molar-refractivity contribution in [3.05, 3.63) is 28.2 Å². The van der Waals surface area contributed by atoms with Gasteiger partial charge in [-0.15, -0.1) is 0 Å². The van der Waals surface area contributed by atoms with Crippen molar-refractivity contribution >= 4 is 15.9 Å². The minimum absolute atomic E-state index is 0.289. The lowest BCUT2D eigenvalue weighted by Gasteiger charge is -2.17. The van der Waals surface area contributed by atoms with Crippen molar-refractivity contribution in [3.8, 4) is 5.75 Å². The number of methoxy groups -OCH3 is 2. The van der Waals surface area contributed by atoms with Crippen LogP contribution in [0.2, 0.25) is 0 Å². The van der Waals surface area contributed by atoms with Crippen LogP contribution < -0.4 is 10.1 Å². The number of nitrogens with one attached hydrogen (secondary N) is 1. The molecule has 0 spiro atoms. The molecular weight excluding hydrogens is 310 g/mol. The van der Waals surface area contributed by atoms with Gasteiger partial charge in [0.25, 0.3) is 0 Å². The monoisotopic (exact) mass is 331 g/mol. The summed E-state index contributed by atoms with van der Waals surface area (Å²) in [7, 11) is 5.29. The first-order chi connectivity index (χ1) is 9.21. The van der Waals surface area contributed by atoms with E-state index in [0.29, 0.717) is 19.8 Å². The molecule has 1 atom stereocenters. The predicted molar refractivity (Wildman–Crippen MR) is 79.9 cm³/mol. The van der Waals surface area contributed by atoms with E-state index in [-0.39, 0.29) is 6.04 Å². The molecule has 0 aliphatic carbocycles. The Morgan fingerprint density at radius 3 is 2.63 bits per heavy atom. The van der Waals surface area contributed by atoms with Gasteiger partial charge in [-0.1, -0.05) is 6.07 Å². The minimum Gasteiger partial charge on any atom is -0.496 e. The van der Waals surface area contributed by atoms with Crippen LogP contribution in [-0.2, 0) is 15.9 Å². The molecule has 0 saturated heterocycles. The van der Waals surface area contributed by atoms with Crippen molar-refractivity contribution in [2.24, 2.45) is 0 Å². The van der Waals surface area contributed by atoms with E-state index < -0.39 is 0 Å². The van der Waals surface area contributed by atoms with E-state index in [1.54, 1.807) is 14.2 Å². The highest BCUT2D eigenvalue weighted by molar-refractivity contribution is 9.10. The molecule has 108 valence electrons. The molecule has 0 aliphatic heterocycles. The number of ether oxygens (including phenoxy) is 3. The van der Waals surface area contributed by atoms with E-state index in [9.17, 15) is 0 Å². The molecule has 1 aromatic rings. The van der Waals surface area contributed by atoms with Crippen LogP contribution in [0.15, 0.2) is 22.7 Å². The minimum atomic E-state index is 0.289. The number of hydrogen-bond acceptors (Lipinski definition) is 4. The summed E-state index contributed by atoms with van der Waals surface area (Å²) in [5.41, 5.74) is 1.24. The standard InChI is InChI=1S/C14H22BrNO3/c1-16-12(10-19-7-6-17-2)8-11-4-5-14(18-3)13(15)9-11/h4-5,9,12,16H,6-8,10H2,1-3H3. The van der Waals surface area contributed by atoms with Crippen molar-refractivity contribution in [1.82, 2.24) is 5.32 Å². The molecule has 0 aliphatic rings. The van der Waals surface area contributed by atoms with Crippen LogP contribution in [0.5, 0.6) is 5.75 Å². The molecule has 0 amide bonds. The number of likely N-dealkylation sites (N-methyl/N-ethyl adjacent to an activating group) is 1. The summed E-state index contributed by atoms with van der Waals surface area (Å²) >= 11 is 3.50. The average Bonchev–Trinajstić information content (AvgIpc) is 2.42. The number of rotatable bonds is 9. The molecule has 4 nitrogen and oxygen atoms in total. The van der Waals surface area contributed by atoms with E-state index >= 15 is 0 Å². The van der Waals surface area contributed by atoms with Crippen LogP contribution in [-0.4, -0.2) is 47.1 Å². The maximum atomic E-state index is 5.55. The van der Waals surface area contributed by atoms with Gasteiger partial charge in [-0.2, -0.15) is 0 Å². The van der Waals surface area contributed by atoms with Crippen molar-refractivity contribution < 1.29 is 14.2 Å². The van der Waals surface area contributed by atoms with Crippen LogP contribution in [0.1, 0.15) is 5.56 Å². The van der Waals surface area contributed by atoms with Crippen LogP contribution in [0, 0.1) is 0 Å². The molecule has 19 heavy (non-hydrogen) atoms. The molecule has 1 N–H and O–H groups in total. The van der Waals surface area contributed by atoms with Gasteiger partial charge in [-0.3, -0.25) is 0 Å². The van der Waals surface area contributed by atoms with E-state index in [0.717, 1.165) is 16.6 Å². The normalized spacial score (nSPS) is 12.4. The van der Waals surface area contributed by atoms with E-state index in [4.69, 9.17) is 14.2 Å². The molecule has 0 aromatic heterocycles. The number of benzene rings is 1. The summed E-state index contributed by atoms with van der Waals surface area (Å²) in [5, 5.41) is 3.26. The van der Waals surface area contributed by atoms with E-state index in [1.807, 2.05) is 13.1 Å². The molecule has 1 aromatic carbocycles. The van der Waals surface area contributed by atoms with Crippen molar-refractivity contribution in [2.75, 3.05) is 41.1 Å². The predicted octanol–water partition coefficient (Wildman–Crippen LogP) is 2.25. The SMILES string of the molecule is CNC(COCCOC)Cc1ccc(OC)c(Br)c1. The smallest absolute Gasteiger partial charge is 0.133 e. The fourth-order valence-electron chi connectivity index (χ4n) is 1.73. The highest BCUT2D eigenvalue weighted by Crippen LogP contribution is 2.25. The molecule has 0 saturated carbocycles. The maximum absolute atomic E-state index is 5.55. The second kappa shape index (κ2) is 9.31. The summed E-state index contributed by atoms with van der Waals surface area (Å²) < 4.78 is 16.7. The van der Waals surface area contributed by atoms with Gasteiger partial charge in [0.15, 0.2) is 0 Å². The van der Waals surface area contributed by atoms with Crippen LogP contribution >= 0.6 is 15.9 Å². The molecule has 0 bridgehead atoms. The first-order valence-corrected chi connectivity index (χ1v) is 7.07. The first kappa shape index (κ1) is 16.4. The van der Waals surface area contributed by atoms with Gasteiger partial charge in [-0.05, 0) is 47.1 Å². The largest absolute Gasteiger partial charge is 0.496 e. The molecule has 1 rings (SSSR count). The molecule has 1 unspecified atom stereocenters. The number of halogens is 1. The van der Waals surface area contributed by atoms with Gasteiger partial charge >= 0.3 is 0 Å². The average molecular weight is 332 g/mol. The Morgan fingerprint density at radius 2 is 2.05 bits per heavy atom. The quantitative estimate of drug-likeness (QED) is 0.704. The maximum Gasteiger partial charge on any atom is 0.133 e. The van der Waals surface area contributed by atoms with Gasteiger partial charge in [0.1, 0.15) is 5.75 Å². The third-order valence-electron chi connectivity index (χ3n) is 2.86. The fraction of sp³-hybridized carbons (Fsp3) is 0.571. The second-order valence-corrected chi connectivity index (χ2v) is 5.08. The van der Waals surface area contributed by atoms with Crippen LogP contribution in [0.4, 0.5) is 0 Å². The summed E-state index contributed by atoms with van der Waals surface area (Å²) in [6.45, 7) is 1.93. The number of hydrogen-bond donors (Lipinski definition) is 1. The Balaban J connectivity index is 2.48. The molecule has 5 heteroatoms. The van der Waals surface area contributed by atoms with Gasteiger partial charge in [-0.25, -0.2) is 0 Å². The van der Waals surface area contributed by atoms with E-state index in [1.165, 1.54) is 5.56 Å². The Hall–Kier alpha value is -0.620. The molecule has 0 radical (unpaired) electrons. The Morgan fingerprint density at radius 1 is 1.26 bits per heavy atom. The zero-order valence-electron chi connectivity index (χ0n) is 11.7. The summed E-state index contributed by atoms with van der Waals surface area (Å²) in [5.74, 6) is 0.848. The van der Waals surface area contributed by atoms with Crippen LogP contribution in [0.25, 0.3) is 0 Å². The Kier molecular flexibility index (Phi) is 8.05. The van der Waals surface area contributed by atoms with Gasteiger partial charge in [0.2, 0.25) is 0 Å². The van der Waals surface area contributed by atoms with Gasteiger partial charge in [0.05, 0.1) is 31.4 Å². The fourth-order valence-corrected chi connectivity index (χ4v) is 2.32. The van der Waals surface area contributed by atoms with Crippen molar-refractivity contribution in [3.63, 3.8) is 0 Å². The topological polar surface area (TPSA) is 39.7 Å². The summed E-state index contributed by atoms with van der Waals surface area (Å²) in [6.07, 6.45) is 0.909. The lowest BCUT2D eigenvalue weighted by atomic mass is 10.1. The summed E-state index contributed by atoms with van der Waals surface area (Å²) in [4.78, 5) is 0. The highest BCUT2D eigenvalue weighted by Gasteiger charge is 2.09. The first-order valence-electron chi connectivity index (χ1n) is 6.27. The second-order valence-electron chi connectivity index (χ2n) is 4.23. The zero-order chi connectivity index (χ0) is 14.1. The lowest BCUT2D eigenvalue weighted by molar-refractivity contribution is 0.0598. The van der Waals surface area contributed by atoms with Crippen LogP contribution in [0.3, 0.4) is 0 Å². The molecule has 0 heterocycles. The van der Waals surface area contributed by atoms with Gasteiger partial charge < -0.3 is 19.5 Å². The van der Waals surface area contributed by atoms with E-state index in [2.05, 4.69) is 33.4 Å². The van der Waals surface area contributed by atoms with Crippen molar-refractivity contribution in [1.29, 1.82) is 0 Å². The zero-order valence-corrected chi connectivity index (χ0v) is 13.3. The molecular formula is C14H22BrNO3. The van der Waals surface area contributed by atoms with Gasteiger partial charge in [0, 0.05) is 13.2 Å².